The van der Waals surface area contributed by atoms with Gasteiger partial charge in [0.25, 0.3) is 0 Å². The summed E-state index contributed by atoms with van der Waals surface area (Å²) in [6.45, 7) is 10.7. The molecule has 0 aliphatic carbocycles. The molecule has 0 bridgehead atoms. The molecule has 0 N–H and O–H groups in total. The van der Waals surface area contributed by atoms with Crippen molar-refractivity contribution in [2.45, 2.75) is 47.0 Å². The highest BCUT2D eigenvalue weighted by Crippen LogP contribution is 2.36. The van der Waals surface area contributed by atoms with E-state index in [1.54, 1.807) is 11.3 Å². The van der Waals surface area contributed by atoms with E-state index in [-0.39, 0.29) is 0 Å². The summed E-state index contributed by atoms with van der Waals surface area (Å²) in [5, 5.41) is 9.28. The minimum absolute atomic E-state index is 0.317. The number of rotatable bonds is 3. The van der Waals surface area contributed by atoms with Gasteiger partial charge in [-0.3, -0.25) is 4.40 Å². The number of hydrogen-bond acceptors (Lipinski definition) is 3. The number of benzene rings is 1. The van der Waals surface area contributed by atoms with E-state index in [9.17, 15) is 5.26 Å². The first-order valence-electron chi connectivity index (χ1n) is 7.89. The summed E-state index contributed by atoms with van der Waals surface area (Å²) < 4.78 is 2.20. The van der Waals surface area contributed by atoms with E-state index >= 15 is 0 Å². The minimum atomic E-state index is 0.317. The highest BCUT2D eigenvalue weighted by atomic mass is 32.1. The predicted octanol–water partition coefficient (Wildman–Crippen LogP) is 5.18. The lowest BCUT2D eigenvalue weighted by Crippen LogP contribution is -2.00. The molecule has 1 aromatic carbocycles. The van der Waals surface area contributed by atoms with Crippen LogP contribution in [0, 0.1) is 32.1 Å². The van der Waals surface area contributed by atoms with Crippen molar-refractivity contribution in [3.63, 3.8) is 0 Å². The third-order valence-corrected chi connectivity index (χ3v) is 5.16. The zero-order chi connectivity index (χ0) is 16.7. The molecule has 2 heterocycles. The normalized spacial score (nSPS) is 11.3. The molecule has 0 aliphatic heterocycles. The summed E-state index contributed by atoms with van der Waals surface area (Å²) >= 11 is 1.71. The molecule has 0 aliphatic rings. The maximum Gasteiger partial charge on any atom is 0.194 e. The van der Waals surface area contributed by atoms with Crippen LogP contribution in [0.2, 0.25) is 0 Å². The largest absolute Gasteiger partial charge is 0.286 e. The topological polar surface area (TPSA) is 41.1 Å². The molecular formula is C19H21N3S. The highest BCUT2D eigenvalue weighted by Gasteiger charge is 2.22. The number of hydrogen-bond donors (Lipinski definition) is 0. The van der Waals surface area contributed by atoms with Gasteiger partial charge < -0.3 is 0 Å². The lowest BCUT2D eigenvalue weighted by atomic mass is 10.0. The Balaban J connectivity index is 2.36. The van der Waals surface area contributed by atoms with Gasteiger partial charge in [0.1, 0.15) is 0 Å². The van der Waals surface area contributed by atoms with E-state index in [2.05, 4.69) is 63.3 Å². The molecule has 0 atom stereocenters. The van der Waals surface area contributed by atoms with Crippen LogP contribution in [-0.2, 0) is 6.42 Å². The number of aryl methyl sites for hydroxylation is 3. The van der Waals surface area contributed by atoms with Gasteiger partial charge in [-0.05, 0) is 32.3 Å². The lowest BCUT2D eigenvalue weighted by molar-refractivity contribution is 0.814. The summed E-state index contributed by atoms with van der Waals surface area (Å²) in [6.07, 6.45) is 0.392. The number of nitriles is 1. The van der Waals surface area contributed by atoms with E-state index in [1.165, 1.54) is 27.3 Å². The third-order valence-electron chi connectivity index (χ3n) is 4.20. The molecule has 3 rings (SSSR count). The van der Waals surface area contributed by atoms with Gasteiger partial charge in [0.2, 0.25) is 0 Å². The van der Waals surface area contributed by atoms with E-state index < -0.39 is 0 Å². The Morgan fingerprint density at radius 3 is 2.61 bits per heavy atom. The first-order valence-corrected chi connectivity index (χ1v) is 8.70. The molecule has 0 saturated heterocycles. The van der Waals surface area contributed by atoms with E-state index in [0.29, 0.717) is 12.3 Å². The predicted molar refractivity (Wildman–Crippen MR) is 96.1 cm³/mol. The Bertz CT molecular complexity index is 922. The maximum absolute atomic E-state index is 9.28. The first kappa shape index (κ1) is 15.8. The van der Waals surface area contributed by atoms with Crippen molar-refractivity contribution in [3.8, 4) is 17.3 Å². The van der Waals surface area contributed by atoms with E-state index in [1.807, 2.05) is 0 Å². The molecule has 118 valence electrons. The van der Waals surface area contributed by atoms with Gasteiger partial charge in [-0.1, -0.05) is 37.6 Å². The van der Waals surface area contributed by atoms with E-state index in [4.69, 9.17) is 4.98 Å². The van der Waals surface area contributed by atoms with Crippen LogP contribution >= 0.6 is 11.3 Å². The Morgan fingerprint density at radius 1 is 1.26 bits per heavy atom. The van der Waals surface area contributed by atoms with Crippen molar-refractivity contribution < 1.29 is 0 Å². The van der Waals surface area contributed by atoms with Gasteiger partial charge in [0.05, 0.1) is 29.6 Å². The Labute approximate surface area is 141 Å². The van der Waals surface area contributed by atoms with Crippen LogP contribution < -0.4 is 0 Å². The molecule has 0 fully saturated rings. The Hall–Kier alpha value is -2.12. The zero-order valence-corrected chi connectivity index (χ0v) is 15.1. The molecule has 3 nitrogen and oxygen atoms in total. The summed E-state index contributed by atoms with van der Waals surface area (Å²) in [5.41, 5.74) is 7.02. The average molecular weight is 323 g/mol. The summed E-state index contributed by atoms with van der Waals surface area (Å²) in [6, 6.07) is 8.86. The third kappa shape index (κ3) is 2.55. The highest BCUT2D eigenvalue weighted by molar-refractivity contribution is 7.17. The molecule has 4 heteroatoms. The molecule has 0 unspecified atom stereocenters. The summed E-state index contributed by atoms with van der Waals surface area (Å²) in [4.78, 5) is 7.05. The van der Waals surface area contributed by atoms with Gasteiger partial charge >= 0.3 is 0 Å². The molecule has 2 aromatic heterocycles. The minimum Gasteiger partial charge on any atom is -0.286 e. The van der Waals surface area contributed by atoms with Crippen LogP contribution in [0.5, 0.6) is 0 Å². The second kappa shape index (κ2) is 5.82. The van der Waals surface area contributed by atoms with Gasteiger partial charge in [0, 0.05) is 10.4 Å². The van der Waals surface area contributed by atoms with Crippen molar-refractivity contribution in [2.24, 2.45) is 0 Å². The number of fused-ring (bicyclic) bond motifs is 1. The quantitative estimate of drug-likeness (QED) is 0.666. The summed E-state index contributed by atoms with van der Waals surface area (Å²) in [7, 11) is 0. The summed E-state index contributed by atoms with van der Waals surface area (Å²) in [5.74, 6) is 0.317. The van der Waals surface area contributed by atoms with Gasteiger partial charge in [0.15, 0.2) is 4.96 Å². The second-order valence-electron chi connectivity index (χ2n) is 6.38. The zero-order valence-electron chi connectivity index (χ0n) is 14.3. The van der Waals surface area contributed by atoms with Crippen molar-refractivity contribution >= 4 is 16.3 Å². The fourth-order valence-electron chi connectivity index (χ4n) is 3.19. The van der Waals surface area contributed by atoms with Crippen LogP contribution in [0.25, 0.3) is 16.2 Å². The fourth-order valence-corrected chi connectivity index (χ4v) is 4.19. The van der Waals surface area contributed by atoms with Crippen molar-refractivity contribution in [2.75, 3.05) is 0 Å². The van der Waals surface area contributed by atoms with Crippen molar-refractivity contribution in [1.29, 1.82) is 5.26 Å². The van der Waals surface area contributed by atoms with Crippen LogP contribution in [-0.4, -0.2) is 9.38 Å². The smallest absolute Gasteiger partial charge is 0.194 e. The Morgan fingerprint density at radius 2 is 2.00 bits per heavy atom. The van der Waals surface area contributed by atoms with Gasteiger partial charge in [-0.15, -0.1) is 11.3 Å². The van der Waals surface area contributed by atoms with Crippen LogP contribution in [0.4, 0.5) is 0 Å². The van der Waals surface area contributed by atoms with Crippen molar-refractivity contribution in [3.05, 3.63) is 45.6 Å². The molecule has 0 saturated carbocycles. The number of thiazole rings is 1. The molecule has 0 amide bonds. The van der Waals surface area contributed by atoms with Crippen molar-refractivity contribution in [1.82, 2.24) is 9.38 Å². The maximum atomic E-state index is 9.28. The average Bonchev–Trinajstić information content (AvgIpc) is 2.96. The number of nitrogens with zero attached hydrogens (tertiary/aromatic N) is 3. The second-order valence-corrected chi connectivity index (χ2v) is 7.56. The standard InChI is InChI=1S/C19H21N3S/c1-11(2)17-16(8-9-20)22-18(14(5)23-19(22)21-17)15-7-6-12(3)10-13(15)4/h6-7,10-11H,8H2,1-5H3. The molecule has 0 radical (unpaired) electrons. The number of imidazole rings is 1. The van der Waals surface area contributed by atoms with Gasteiger partial charge in [-0.25, -0.2) is 4.98 Å². The van der Waals surface area contributed by atoms with Gasteiger partial charge in [-0.2, -0.15) is 5.26 Å². The number of aromatic nitrogens is 2. The van der Waals surface area contributed by atoms with E-state index in [0.717, 1.165) is 16.3 Å². The molecule has 3 aromatic rings. The van der Waals surface area contributed by atoms with Crippen LogP contribution in [0.1, 0.15) is 47.2 Å². The lowest BCUT2D eigenvalue weighted by Gasteiger charge is -2.10. The fraction of sp³-hybridized carbons (Fsp3) is 0.368. The SMILES string of the molecule is Cc1ccc(-c2c(C)sc3nc(C(C)C)c(CC#N)n23)c(C)c1. The molecule has 23 heavy (non-hydrogen) atoms. The molecule has 0 spiro atoms. The van der Waals surface area contributed by atoms with Crippen LogP contribution in [0.15, 0.2) is 18.2 Å². The monoisotopic (exact) mass is 323 g/mol. The van der Waals surface area contributed by atoms with Crippen LogP contribution in [0.3, 0.4) is 0 Å². The first-order chi connectivity index (χ1) is 10.9. The Kier molecular flexibility index (Phi) is 3.99. The molecular weight excluding hydrogens is 302 g/mol.